The van der Waals surface area contributed by atoms with Crippen molar-refractivity contribution in [3.05, 3.63) is 29.8 Å². The third-order valence-corrected chi connectivity index (χ3v) is 3.29. The van der Waals surface area contributed by atoms with Gasteiger partial charge < -0.3 is 14.4 Å². The molecule has 0 radical (unpaired) electrons. The Hall–Kier alpha value is -2.04. The third-order valence-electron chi connectivity index (χ3n) is 3.29. The molecule has 1 rings (SSSR count). The highest BCUT2D eigenvalue weighted by atomic mass is 16.5. The summed E-state index contributed by atoms with van der Waals surface area (Å²) in [6.07, 6.45) is 4.22. The summed E-state index contributed by atoms with van der Waals surface area (Å²) in [5.74, 6) is -0.00479. The van der Waals surface area contributed by atoms with Crippen LogP contribution in [-0.4, -0.2) is 44.1 Å². The molecule has 0 aromatic heterocycles. The van der Waals surface area contributed by atoms with Gasteiger partial charge in [0.2, 0.25) is 0 Å². The molecule has 22 heavy (non-hydrogen) atoms. The number of ether oxygens (including phenoxy) is 2. The van der Waals surface area contributed by atoms with Crippen LogP contribution in [0, 0.1) is 0 Å². The second-order valence-electron chi connectivity index (χ2n) is 5.17. The van der Waals surface area contributed by atoms with Crippen molar-refractivity contribution in [1.29, 1.82) is 0 Å². The number of hydrogen-bond donors (Lipinski definition) is 0. The molecule has 1 aromatic carbocycles. The van der Waals surface area contributed by atoms with Crippen LogP contribution in [-0.2, 0) is 9.53 Å². The first-order valence-electron chi connectivity index (χ1n) is 7.63. The van der Waals surface area contributed by atoms with E-state index in [9.17, 15) is 9.59 Å². The highest BCUT2D eigenvalue weighted by Gasteiger charge is 2.16. The zero-order valence-electron chi connectivity index (χ0n) is 13.6. The molecular weight excluding hydrogens is 282 g/mol. The summed E-state index contributed by atoms with van der Waals surface area (Å²) in [7, 11) is 3.13. The maximum Gasteiger partial charge on any atom is 0.325 e. The first-order chi connectivity index (χ1) is 10.6. The Morgan fingerprint density at radius 1 is 1.18 bits per heavy atom. The molecule has 0 saturated carbocycles. The number of unbranched alkanes of at least 4 members (excludes halogenated alkanes) is 3. The molecule has 0 bridgehead atoms. The van der Waals surface area contributed by atoms with E-state index in [-0.39, 0.29) is 18.4 Å². The Bertz CT molecular complexity index is 487. The summed E-state index contributed by atoms with van der Waals surface area (Å²) < 4.78 is 10.2. The number of hydrogen-bond acceptors (Lipinski definition) is 4. The van der Waals surface area contributed by atoms with Gasteiger partial charge in [0.25, 0.3) is 5.91 Å². The van der Waals surface area contributed by atoms with Gasteiger partial charge in [0, 0.05) is 12.6 Å². The zero-order chi connectivity index (χ0) is 16.4. The van der Waals surface area contributed by atoms with E-state index < -0.39 is 0 Å². The van der Waals surface area contributed by atoms with Crippen LogP contribution in [0.1, 0.15) is 43.0 Å². The number of carbonyl (C=O) groups is 2. The molecule has 0 unspecified atom stereocenters. The summed E-state index contributed by atoms with van der Waals surface area (Å²) in [5.41, 5.74) is 0.484. The van der Waals surface area contributed by atoms with E-state index in [0.717, 1.165) is 25.7 Å². The van der Waals surface area contributed by atoms with Gasteiger partial charge in [-0.15, -0.1) is 0 Å². The Morgan fingerprint density at radius 3 is 2.64 bits per heavy atom. The van der Waals surface area contributed by atoms with E-state index in [0.29, 0.717) is 17.9 Å². The molecule has 0 heterocycles. The van der Waals surface area contributed by atoms with Gasteiger partial charge in [0.1, 0.15) is 12.3 Å². The van der Waals surface area contributed by atoms with Crippen LogP contribution in [0.2, 0.25) is 0 Å². The van der Waals surface area contributed by atoms with Crippen LogP contribution in [0.3, 0.4) is 0 Å². The molecule has 0 N–H and O–H groups in total. The fourth-order valence-electron chi connectivity index (χ4n) is 2.00. The zero-order valence-corrected chi connectivity index (χ0v) is 13.6. The van der Waals surface area contributed by atoms with Gasteiger partial charge >= 0.3 is 5.97 Å². The first-order valence-corrected chi connectivity index (χ1v) is 7.63. The number of esters is 1. The molecule has 5 heteroatoms. The topological polar surface area (TPSA) is 55.8 Å². The second kappa shape index (κ2) is 9.82. The molecule has 0 spiro atoms. The molecule has 1 aromatic rings. The number of likely N-dealkylation sites (N-methyl/N-ethyl adjacent to an activating group) is 1. The van der Waals surface area contributed by atoms with Crippen molar-refractivity contribution >= 4 is 11.9 Å². The van der Waals surface area contributed by atoms with Crippen molar-refractivity contribution in [2.24, 2.45) is 0 Å². The average Bonchev–Trinajstić information content (AvgIpc) is 2.53. The highest BCUT2D eigenvalue weighted by molar-refractivity contribution is 5.96. The fraction of sp³-hybridized carbons (Fsp3) is 0.529. The normalized spacial score (nSPS) is 10.1. The maximum absolute atomic E-state index is 12.2. The minimum absolute atomic E-state index is 0.0518. The van der Waals surface area contributed by atoms with Crippen LogP contribution in [0.4, 0.5) is 0 Å². The molecule has 1 amide bonds. The Morgan fingerprint density at radius 2 is 1.95 bits per heavy atom. The van der Waals surface area contributed by atoms with Gasteiger partial charge in [0.05, 0.1) is 13.7 Å². The predicted octanol–water partition coefficient (Wildman–Crippen LogP) is 2.89. The molecule has 0 aliphatic rings. The minimum atomic E-state index is -0.379. The first kappa shape index (κ1) is 18.0. The molecule has 0 atom stereocenters. The van der Waals surface area contributed by atoms with E-state index in [2.05, 4.69) is 6.92 Å². The molecule has 122 valence electrons. The summed E-state index contributed by atoms with van der Waals surface area (Å²) >= 11 is 0. The van der Waals surface area contributed by atoms with Crippen molar-refractivity contribution < 1.29 is 19.1 Å². The molecule has 0 aliphatic carbocycles. The van der Waals surface area contributed by atoms with Gasteiger partial charge in [-0.1, -0.05) is 32.3 Å². The largest absolute Gasteiger partial charge is 0.497 e. The van der Waals surface area contributed by atoms with Gasteiger partial charge in [-0.2, -0.15) is 0 Å². The summed E-state index contributed by atoms with van der Waals surface area (Å²) in [4.78, 5) is 25.3. The van der Waals surface area contributed by atoms with Gasteiger partial charge in [-0.3, -0.25) is 9.59 Å². The Labute approximate surface area is 132 Å². The minimum Gasteiger partial charge on any atom is -0.497 e. The number of nitrogens with zero attached hydrogens (tertiary/aromatic N) is 1. The summed E-state index contributed by atoms with van der Waals surface area (Å²) in [5, 5.41) is 0. The molecule has 0 aliphatic heterocycles. The van der Waals surface area contributed by atoms with Crippen LogP contribution < -0.4 is 4.74 Å². The van der Waals surface area contributed by atoms with E-state index >= 15 is 0 Å². The lowest BCUT2D eigenvalue weighted by Crippen LogP contribution is -2.33. The monoisotopic (exact) mass is 307 g/mol. The highest BCUT2D eigenvalue weighted by Crippen LogP contribution is 2.14. The standard InChI is InChI=1S/C17H25NO4/c1-4-5-6-7-11-22-16(19)13-18(2)17(20)14-9-8-10-15(12-14)21-3/h8-10,12H,4-7,11,13H2,1-3H3. The van der Waals surface area contributed by atoms with Crippen molar-refractivity contribution in [3.8, 4) is 5.75 Å². The number of amides is 1. The maximum atomic E-state index is 12.2. The van der Waals surface area contributed by atoms with E-state index in [1.807, 2.05) is 0 Å². The third kappa shape index (κ3) is 6.16. The molecule has 5 nitrogen and oxygen atoms in total. The Balaban J connectivity index is 2.41. The smallest absolute Gasteiger partial charge is 0.325 e. The number of methoxy groups -OCH3 is 1. The van der Waals surface area contributed by atoms with Crippen molar-refractivity contribution in [2.75, 3.05) is 27.3 Å². The average molecular weight is 307 g/mol. The van der Waals surface area contributed by atoms with Gasteiger partial charge in [-0.25, -0.2) is 0 Å². The van der Waals surface area contributed by atoms with Crippen molar-refractivity contribution in [1.82, 2.24) is 4.90 Å². The number of benzene rings is 1. The van der Waals surface area contributed by atoms with E-state index in [1.165, 1.54) is 4.90 Å². The lowest BCUT2D eigenvalue weighted by atomic mass is 10.2. The SMILES string of the molecule is CCCCCCOC(=O)CN(C)C(=O)c1cccc(OC)c1. The van der Waals surface area contributed by atoms with Crippen LogP contribution in [0.15, 0.2) is 24.3 Å². The van der Waals surface area contributed by atoms with E-state index in [4.69, 9.17) is 9.47 Å². The Kier molecular flexibility index (Phi) is 8.04. The van der Waals surface area contributed by atoms with Crippen molar-refractivity contribution in [2.45, 2.75) is 32.6 Å². The fourth-order valence-corrected chi connectivity index (χ4v) is 2.00. The quantitative estimate of drug-likeness (QED) is 0.520. The lowest BCUT2D eigenvalue weighted by Gasteiger charge is -2.16. The number of rotatable bonds is 9. The van der Waals surface area contributed by atoms with Gasteiger partial charge in [0.15, 0.2) is 0 Å². The predicted molar refractivity (Wildman–Crippen MR) is 85.1 cm³/mol. The molecular formula is C17H25NO4. The lowest BCUT2D eigenvalue weighted by molar-refractivity contribution is -0.144. The van der Waals surface area contributed by atoms with Crippen LogP contribution >= 0.6 is 0 Å². The van der Waals surface area contributed by atoms with Crippen molar-refractivity contribution in [3.63, 3.8) is 0 Å². The van der Waals surface area contributed by atoms with Gasteiger partial charge in [-0.05, 0) is 24.6 Å². The molecule has 0 saturated heterocycles. The van der Waals surface area contributed by atoms with E-state index in [1.54, 1.807) is 38.4 Å². The summed E-state index contributed by atoms with van der Waals surface area (Å²) in [6, 6.07) is 6.85. The van der Waals surface area contributed by atoms with Crippen LogP contribution in [0.25, 0.3) is 0 Å². The molecule has 0 fully saturated rings. The summed E-state index contributed by atoms with van der Waals surface area (Å²) in [6.45, 7) is 2.50. The number of carbonyl (C=O) groups excluding carboxylic acids is 2. The second-order valence-corrected chi connectivity index (χ2v) is 5.17. The van der Waals surface area contributed by atoms with Crippen LogP contribution in [0.5, 0.6) is 5.75 Å².